The Kier molecular flexibility index (Phi) is 58.4. The standard InChI is InChI=1S/C66H135NO4S/c1-4-7-10-13-16-19-22-25-28-31-34-37-40-43-46-49-52-55-58-61-67(64-66(68)65-72(69,70)71,62-59-56-53-50-47-44-41-38-35-32-29-26-23-20-17-14-11-8-5-2)63-60-57-54-51-48-45-42-39-36-33-30-27-24-21-18-15-12-9-6-3/h66,68H,4-65H2,1-3H3. The van der Waals surface area contributed by atoms with Crippen LogP contribution in [-0.4, -0.2) is 60.6 Å². The van der Waals surface area contributed by atoms with Crippen molar-refractivity contribution in [2.24, 2.45) is 0 Å². The third kappa shape index (κ3) is 57.5. The molecule has 0 aliphatic heterocycles. The van der Waals surface area contributed by atoms with Gasteiger partial charge in [-0.05, 0) is 38.5 Å². The molecule has 0 aliphatic carbocycles. The number of aliphatic hydroxyl groups excluding tert-OH is 1. The van der Waals surface area contributed by atoms with Gasteiger partial charge in [0.05, 0.1) is 35.5 Å². The lowest BCUT2D eigenvalue weighted by atomic mass is 10.0. The zero-order valence-corrected chi connectivity index (χ0v) is 50.8. The predicted molar refractivity (Wildman–Crippen MR) is 320 cm³/mol. The lowest BCUT2D eigenvalue weighted by Crippen LogP contribution is -2.55. The SMILES string of the molecule is CCCCCCCCCCCCCCCCCCCCC[N+](CCCCCCCCCCCCCCCCCCCCC)(CCCCCCCCCCCCCCCCCCCCC)CC(O)CS(=O)(=O)[O-]. The molecule has 0 amide bonds. The molecule has 0 radical (unpaired) electrons. The van der Waals surface area contributed by atoms with E-state index in [0.29, 0.717) is 6.54 Å². The monoisotopic (exact) mass is 1040 g/mol. The number of quaternary nitrogens is 1. The van der Waals surface area contributed by atoms with Crippen LogP contribution in [0, 0.1) is 0 Å². The average Bonchev–Trinajstić information content (AvgIpc) is 3.35. The number of nitrogens with zero attached hydrogens (tertiary/aromatic N) is 1. The summed E-state index contributed by atoms with van der Waals surface area (Å²) in [6.45, 7) is 10.3. The first-order chi connectivity index (χ1) is 35.3. The molecular formula is C66H135NO4S. The van der Waals surface area contributed by atoms with E-state index in [2.05, 4.69) is 20.8 Å². The summed E-state index contributed by atoms with van der Waals surface area (Å²) in [6.07, 6.45) is 77.1. The Balaban J connectivity index is 4.73. The van der Waals surface area contributed by atoms with Gasteiger partial charge in [-0.1, -0.05) is 348 Å². The van der Waals surface area contributed by atoms with Gasteiger partial charge in [0.2, 0.25) is 0 Å². The largest absolute Gasteiger partial charge is 0.748 e. The minimum Gasteiger partial charge on any atom is -0.748 e. The molecule has 0 fully saturated rings. The number of hydrogen-bond acceptors (Lipinski definition) is 4. The quantitative estimate of drug-likeness (QED) is 0.0374. The lowest BCUT2D eigenvalue weighted by molar-refractivity contribution is -0.931. The van der Waals surface area contributed by atoms with Crippen molar-refractivity contribution in [2.45, 2.75) is 393 Å². The fourth-order valence-electron chi connectivity index (χ4n) is 11.9. The second-order valence-electron chi connectivity index (χ2n) is 24.2. The molecule has 0 heterocycles. The Morgan fingerprint density at radius 1 is 0.278 bits per heavy atom. The second kappa shape index (κ2) is 58.5. The molecule has 0 saturated heterocycles. The topological polar surface area (TPSA) is 77.4 Å². The van der Waals surface area contributed by atoms with E-state index in [0.717, 1.165) is 43.4 Å². The van der Waals surface area contributed by atoms with Crippen LogP contribution in [0.1, 0.15) is 387 Å². The Morgan fingerprint density at radius 3 is 0.556 bits per heavy atom. The van der Waals surface area contributed by atoms with Gasteiger partial charge in [-0.15, -0.1) is 0 Å². The maximum atomic E-state index is 11.8. The van der Waals surface area contributed by atoms with Gasteiger partial charge in [-0.3, -0.25) is 0 Å². The Labute approximate surface area is 455 Å². The van der Waals surface area contributed by atoms with E-state index in [1.165, 1.54) is 347 Å². The summed E-state index contributed by atoms with van der Waals surface area (Å²) >= 11 is 0. The van der Waals surface area contributed by atoms with Gasteiger partial charge in [0.25, 0.3) is 0 Å². The average molecular weight is 1040 g/mol. The minimum atomic E-state index is -4.47. The fraction of sp³-hybridized carbons (Fsp3) is 1.00. The van der Waals surface area contributed by atoms with Crippen molar-refractivity contribution in [2.75, 3.05) is 31.9 Å². The summed E-state index contributed by atoms with van der Waals surface area (Å²) < 4.78 is 36.3. The van der Waals surface area contributed by atoms with Gasteiger partial charge >= 0.3 is 0 Å². The van der Waals surface area contributed by atoms with Crippen LogP contribution >= 0.6 is 0 Å². The van der Waals surface area contributed by atoms with Crippen LogP contribution in [0.3, 0.4) is 0 Å². The smallest absolute Gasteiger partial charge is 0.116 e. The van der Waals surface area contributed by atoms with E-state index in [9.17, 15) is 18.1 Å². The van der Waals surface area contributed by atoms with Gasteiger partial charge in [0.1, 0.15) is 12.6 Å². The van der Waals surface area contributed by atoms with Crippen molar-refractivity contribution in [3.05, 3.63) is 0 Å². The molecule has 1 unspecified atom stereocenters. The first kappa shape index (κ1) is 71.8. The molecule has 0 spiro atoms. The highest BCUT2D eigenvalue weighted by Crippen LogP contribution is 2.22. The highest BCUT2D eigenvalue weighted by molar-refractivity contribution is 7.85. The number of hydrogen-bond donors (Lipinski definition) is 1. The summed E-state index contributed by atoms with van der Waals surface area (Å²) in [5.41, 5.74) is 0. The van der Waals surface area contributed by atoms with Gasteiger partial charge in [-0.2, -0.15) is 0 Å². The maximum absolute atomic E-state index is 11.8. The first-order valence-corrected chi connectivity index (χ1v) is 35.3. The molecule has 0 rings (SSSR count). The summed E-state index contributed by atoms with van der Waals surface area (Å²) in [5.74, 6) is -0.648. The third-order valence-electron chi connectivity index (χ3n) is 16.7. The summed E-state index contributed by atoms with van der Waals surface area (Å²) in [4.78, 5) is 0. The molecule has 1 atom stereocenters. The fourth-order valence-corrected chi connectivity index (χ4v) is 12.5. The lowest BCUT2D eigenvalue weighted by Gasteiger charge is -2.41. The Morgan fingerprint density at radius 2 is 0.417 bits per heavy atom. The van der Waals surface area contributed by atoms with E-state index in [1.54, 1.807) is 0 Å². The van der Waals surface area contributed by atoms with Crippen LogP contribution in [0.25, 0.3) is 0 Å². The highest BCUT2D eigenvalue weighted by atomic mass is 32.2. The van der Waals surface area contributed by atoms with Crippen molar-refractivity contribution in [1.29, 1.82) is 0 Å². The molecular weight excluding hydrogens is 903 g/mol. The van der Waals surface area contributed by atoms with Crippen LogP contribution in [0.5, 0.6) is 0 Å². The maximum Gasteiger partial charge on any atom is 0.116 e. The number of aliphatic hydroxyl groups is 1. The second-order valence-corrected chi connectivity index (χ2v) is 25.6. The van der Waals surface area contributed by atoms with Gasteiger partial charge < -0.3 is 14.1 Å². The molecule has 5 nitrogen and oxygen atoms in total. The highest BCUT2D eigenvalue weighted by Gasteiger charge is 2.30. The molecule has 0 aromatic heterocycles. The third-order valence-corrected chi connectivity index (χ3v) is 17.5. The van der Waals surface area contributed by atoms with E-state index >= 15 is 0 Å². The van der Waals surface area contributed by atoms with Crippen molar-refractivity contribution in [1.82, 2.24) is 0 Å². The molecule has 0 aromatic rings. The van der Waals surface area contributed by atoms with Crippen molar-refractivity contribution < 1.29 is 22.6 Å². The molecule has 6 heteroatoms. The Bertz CT molecular complexity index is 1010. The van der Waals surface area contributed by atoms with Gasteiger partial charge in [0.15, 0.2) is 0 Å². The predicted octanol–water partition coefficient (Wildman–Crippen LogP) is 22.0. The van der Waals surface area contributed by atoms with Crippen molar-refractivity contribution in [3.8, 4) is 0 Å². The van der Waals surface area contributed by atoms with Crippen molar-refractivity contribution in [3.63, 3.8) is 0 Å². The summed E-state index contributed by atoms with van der Waals surface area (Å²) in [5, 5.41) is 11.1. The summed E-state index contributed by atoms with van der Waals surface area (Å²) in [7, 11) is -4.47. The van der Waals surface area contributed by atoms with Crippen LogP contribution in [-0.2, 0) is 10.1 Å². The van der Waals surface area contributed by atoms with Crippen LogP contribution < -0.4 is 0 Å². The molecule has 0 aromatic carbocycles. The van der Waals surface area contributed by atoms with E-state index in [1.807, 2.05) is 0 Å². The zero-order chi connectivity index (χ0) is 52.4. The molecule has 1 N–H and O–H groups in total. The van der Waals surface area contributed by atoms with E-state index < -0.39 is 22.0 Å². The van der Waals surface area contributed by atoms with Crippen LogP contribution in [0.2, 0.25) is 0 Å². The van der Waals surface area contributed by atoms with Crippen LogP contribution in [0.4, 0.5) is 0 Å². The number of rotatable bonds is 64. The molecule has 0 bridgehead atoms. The van der Waals surface area contributed by atoms with E-state index in [-0.39, 0.29) is 0 Å². The van der Waals surface area contributed by atoms with E-state index in [4.69, 9.17) is 0 Å². The zero-order valence-electron chi connectivity index (χ0n) is 49.9. The van der Waals surface area contributed by atoms with Crippen molar-refractivity contribution >= 4 is 10.1 Å². The molecule has 0 saturated carbocycles. The van der Waals surface area contributed by atoms with Gasteiger partial charge in [0, 0.05) is 0 Å². The van der Waals surface area contributed by atoms with Gasteiger partial charge in [-0.25, -0.2) is 8.42 Å². The molecule has 72 heavy (non-hydrogen) atoms. The normalized spacial score (nSPS) is 12.7. The summed E-state index contributed by atoms with van der Waals surface area (Å²) in [6, 6.07) is 0. The molecule has 0 aliphatic rings. The number of unbranched alkanes of at least 4 members (excludes halogenated alkanes) is 54. The molecule has 434 valence electrons. The minimum absolute atomic E-state index is 0.415. The van der Waals surface area contributed by atoms with Crippen LogP contribution in [0.15, 0.2) is 0 Å². The Hall–Kier alpha value is -0.170. The first-order valence-electron chi connectivity index (χ1n) is 33.7.